The van der Waals surface area contributed by atoms with Crippen molar-refractivity contribution in [2.75, 3.05) is 33.3 Å². The zero-order chi connectivity index (χ0) is 14.6. The monoisotopic (exact) mass is 298 g/mol. The number of rotatable bonds is 5. The minimum absolute atomic E-state index is 0.0161. The third-order valence-corrected chi connectivity index (χ3v) is 4.78. The van der Waals surface area contributed by atoms with Crippen molar-refractivity contribution in [3.8, 4) is 0 Å². The lowest BCUT2D eigenvalue weighted by atomic mass is 10.1. The maximum absolute atomic E-state index is 12.1. The van der Waals surface area contributed by atoms with E-state index in [4.69, 9.17) is 4.74 Å². The van der Waals surface area contributed by atoms with Crippen LogP contribution < -0.4 is 4.72 Å². The number of hydrogen-bond donors (Lipinski definition) is 1. The van der Waals surface area contributed by atoms with Gasteiger partial charge in [0.25, 0.3) is 0 Å². The number of morpholine rings is 1. The molecule has 20 heavy (non-hydrogen) atoms. The van der Waals surface area contributed by atoms with E-state index in [1.807, 2.05) is 38.2 Å². The van der Waals surface area contributed by atoms with Crippen LogP contribution in [0, 0.1) is 6.92 Å². The van der Waals surface area contributed by atoms with Crippen LogP contribution in [0.5, 0.6) is 0 Å². The molecule has 0 amide bonds. The summed E-state index contributed by atoms with van der Waals surface area (Å²) < 4.78 is 32.4. The summed E-state index contributed by atoms with van der Waals surface area (Å²) in [4.78, 5) is 2.14. The lowest BCUT2D eigenvalue weighted by Gasteiger charge is -2.30. The minimum Gasteiger partial charge on any atom is -0.374 e. The summed E-state index contributed by atoms with van der Waals surface area (Å²) in [5.74, 6) is 0.0161. The molecule has 1 atom stereocenters. The minimum atomic E-state index is -3.32. The average molecular weight is 298 g/mol. The molecule has 112 valence electrons. The van der Waals surface area contributed by atoms with Crippen LogP contribution in [0.15, 0.2) is 24.3 Å². The summed E-state index contributed by atoms with van der Waals surface area (Å²) in [6.07, 6.45) is -0.0691. The van der Waals surface area contributed by atoms with E-state index in [-0.39, 0.29) is 11.9 Å². The summed E-state index contributed by atoms with van der Waals surface area (Å²) in [6.45, 7) is 4.56. The summed E-state index contributed by atoms with van der Waals surface area (Å²) in [5, 5.41) is 0. The van der Waals surface area contributed by atoms with Gasteiger partial charge in [-0.1, -0.05) is 24.3 Å². The van der Waals surface area contributed by atoms with Gasteiger partial charge in [0.15, 0.2) is 0 Å². The lowest BCUT2D eigenvalue weighted by molar-refractivity contribution is -0.0156. The molecule has 0 bridgehead atoms. The molecule has 1 heterocycles. The highest BCUT2D eigenvalue weighted by Crippen LogP contribution is 2.11. The second-order valence-electron chi connectivity index (χ2n) is 5.29. The number of sulfonamides is 1. The van der Waals surface area contributed by atoms with Gasteiger partial charge in [-0.15, -0.1) is 0 Å². The number of benzene rings is 1. The Kier molecular flexibility index (Phi) is 5.15. The van der Waals surface area contributed by atoms with Crippen molar-refractivity contribution in [2.45, 2.75) is 18.8 Å². The summed E-state index contributed by atoms with van der Waals surface area (Å²) in [5.41, 5.74) is 1.83. The van der Waals surface area contributed by atoms with Crippen LogP contribution in [0.25, 0.3) is 0 Å². The van der Waals surface area contributed by atoms with Crippen molar-refractivity contribution in [1.29, 1.82) is 0 Å². The van der Waals surface area contributed by atoms with E-state index in [1.54, 1.807) is 0 Å². The fourth-order valence-corrected chi connectivity index (χ4v) is 3.51. The first-order chi connectivity index (χ1) is 9.46. The number of likely N-dealkylation sites (N-methyl/N-ethyl adjacent to an activating group) is 1. The molecule has 1 N–H and O–H groups in total. The van der Waals surface area contributed by atoms with Crippen molar-refractivity contribution in [3.05, 3.63) is 35.4 Å². The summed E-state index contributed by atoms with van der Waals surface area (Å²) in [7, 11) is -1.31. The van der Waals surface area contributed by atoms with Crippen molar-refractivity contribution >= 4 is 10.0 Å². The number of ether oxygens (including phenoxy) is 1. The zero-order valence-electron chi connectivity index (χ0n) is 12.0. The van der Waals surface area contributed by atoms with Crippen LogP contribution in [-0.2, 0) is 20.5 Å². The molecule has 1 aliphatic rings. The molecule has 0 aliphatic carbocycles. The molecule has 1 aromatic carbocycles. The standard InChI is InChI=1S/C14H22N2O3S/c1-12-5-3-4-6-13(12)11-20(17,18)15-9-14-10-16(2)7-8-19-14/h3-6,14-15H,7-11H2,1-2H3. The largest absolute Gasteiger partial charge is 0.374 e. The summed E-state index contributed by atoms with van der Waals surface area (Å²) in [6, 6.07) is 7.53. The van der Waals surface area contributed by atoms with E-state index >= 15 is 0 Å². The SMILES string of the molecule is Cc1ccccc1CS(=O)(=O)NCC1CN(C)CCO1. The van der Waals surface area contributed by atoms with Gasteiger partial charge in [-0.05, 0) is 25.1 Å². The van der Waals surface area contributed by atoms with Gasteiger partial charge in [0.1, 0.15) is 0 Å². The maximum Gasteiger partial charge on any atom is 0.215 e. The lowest BCUT2D eigenvalue weighted by Crippen LogP contribution is -2.46. The molecule has 1 aromatic rings. The molecule has 6 heteroatoms. The Bertz CT molecular complexity index is 545. The topological polar surface area (TPSA) is 58.6 Å². The highest BCUT2D eigenvalue weighted by atomic mass is 32.2. The molecule has 2 rings (SSSR count). The molecule has 5 nitrogen and oxygen atoms in total. The Hall–Kier alpha value is -0.950. The number of hydrogen-bond acceptors (Lipinski definition) is 4. The van der Waals surface area contributed by atoms with E-state index in [9.17, 15) is 8.42 Å². The van der Waals surface area contributed by atoms with Crippen molar-refractivity contribution in [2.24, 2.45) is 0 Å². The Morgan fingerprint density at radius 3 is 2.85 bits per heavy atom. The average Bonchev–Trinajstić information content (AvgIpc) is 2.39. The first kappa shape index (κ1) is 15.4. The van der Waals surface area contributed by atoms with Crippen LogP contribution in [0.2, 0.25) is 0 Å². The quantitative estimate of drug-likeness (QED) is 0.871. The third-order valence-electron chi connectivity index (χ3n) is 3.48. The maximum atomic E-state index is 12.1. The Labute approximate surface area is 121 Å². The highest BCUT2D eigenvalue weighted by Gasteiger charge is 2.20. The molecule has 1 unspecified atom stereocenters. The van der Waals surface area contributed by atoms with Crippen LogP contribution in [0.4, 0.5) is 0 Å². The molecule has 0 aromatic heterocycles. The van der Waals surface area contributed by atoms with Crippen molar-refractivity contribution in [3.63, 3.8) is 0 Å². The van der Waals surface area contributed by atoms with E-state index in [1.165, 1.54) is 0 Å². The predicted molar refractivity (Wildman–Crippen MR) is 79.0 cm³/mol. The molecule has 0 spiro atoms. The number of nitrogens with zero attached hydrogens (tertiary/aromatic N) is 1. The molecule has 1 aliphatic heterocycles. The second-order valence-corrected chi connectivity index (χ2v) is 7.10. The Morgan fingerprint density at radius 2 is 2.15 bits per heavy atom. The third kappa shape index (κ3) is 4.56. The number of aryl methyl sites for hydroxylation is 1. The van der Waals surface area contributed by atoms with E-state index in [0.717, 1.165) is 24.2 Å². The number of nitrogens with one attached hydrogen (secondary N) is 1. The van der Waals surface area contributed by atoms with Crippen molar-refractivity contribution in [1.82, 2.24) is 9.62 Å². The Balaban J connectivity index is 1.89. The van der Waals surface area contributed by atoms with Gasteiger partial charge in [0.05, 0.1) is 18.5 Å². The van der Waals surface area contributed by atoms with Gasteiger partial charge < -0.3 is 9.64 Å². The second kappa shape index (κ2) is 6.67. The van der Waals surface area contributed by atoms with Crippen molar-refractivity contribution < 1.29 is 13.2 Å². The Morgan fingerprint density at radius 1 is 1.40 bits per heavy atom. The molecular formula is C14H22N2O3S. The fraction of sp³-hybridized carbons (Fsp3) is 0.571. The predicted octanol–water partition coefficient (Wildman–Crippen LogP) is 0.745. The smallest absolute Gasteiger partial charge is 0.215 e. The van der Waals surface area contributed by atoms with E-state index < -0.39 is 10.0 Å². The van der Waals surface area contributed by atoms with E-state index in [0.29, 0.717) is 13.2 Å². The molecule has 1 saturated heterocycles. The molecule has 1 fully saturated rings. The fourth-order valence-electron chi connectivity index (χ4n) is 2.24. The molecule has 0 radical (unpaired) electrons. The first-order valence-corrected chi connectivity index (χ1v) is 8.43. The van der Waals surface area contributed by atoms with Crippen LogP contribution in [0.3, 0.4) is 0 Å². The van der Waals surface area contributed by atoms with Crippen LogP contribution in [0.1, 0.15) is 11.1 Å². The van der Waals surface area contributed by atoms with Gasteiger partial charge in [-0.3, -0.25) is 0 Å². The highest BCUT2D eigenvalue weighted by molar-refractivity contribution is 7.88. The normalized spacial score (nSPS) is 21.0. The zero-order valence-corrected chi connectivity index (χ0v) is 12.8. The van der Waals surface area contributed by atoms with Gasteiger partial charge in [-0.25, -0.2) is 13.1 Å². The van der Waals surface area contributed by atoms with E-state index in [2.05, 4.69) is 9.62 Å². The first-order valence-electron chi connectivity index (χ1n) is 6.78. The summed E-state index contributed by atoms with van der Waals surface area (Å²) >= 11 is 0. The van der Waals surface area contributed by atoms with Gasteiger partial charge in [-0.2, -0.15) is 0 Å². The molecule has 0 saturated carbocycles. The van der Waals surface area contributed by atoms with Gasteiger partial charge >= 0.3 is 0 Å². The van der Waals surface area contributed by atoms with Gasteiger partial charge in [0.2, 0.25) is 10.0 Å². The van der Waals surface area contributed by atoms with Crippen LogP contribution >= 0.6 is 0 Å². The molecular weight excluding hydrogens is 276 g/mol. The van der Waals surface area contributed by atoms with Crippen LogP contribution in [-0.4, -0.2) is 52.7 Å². The van der Waals surface area contributed by atoms with Gasteiger partial charge in [0, 0.05) is 19.6 Å².